The molecule has 23 heavy (non-hydrogen) atoms. The number of nitrogens with zero attached hydrogens (tertiary/aromatic N) is 2. The topological polar surface area (TPSA) is 64.7 Å². The summed E-state index contributed by atoms with van der Waals surface area (Å²) in [6.07, 6.45) is 1.11. The van der Waals surface area contributed by atoms with Crippen LogP contribution in [0.25, 0.3) is 0 Å². The van der Waals surface area contributed by atoms with Crippen molar-refractivity contribution in [2.24, 2.45) is 0 Å². The second-order valence-corrected chi connectivity index (χ2v) is 5.98. The van der Waals surface area contributed by atoms with Gasteiger partial charge in [-0.25, -0.2) is 4.79 Å². The number of halogens is 1. The zero-order valence-electron chi connectivity index (χ0n) is 13.3. The van der Waals surface area contributed by atoms with Crippen LogP contribution in [0.5, 0.6) is 0 Å². The number of rotatable bonds is 5. The Morgan fingerprint density at radius 2 is 1.96 bits per heavy atom. The molecule has 0 radical (unpaired) electrons. The minimum absolute atomic E-state index is 0.234. The summed E-state index contributed by atoms with van der Waals surface area (Å²) in [6, 6.07) is 7.45. The zero-order chi connectivity index (χ0) is 16.7. The SMILES string of the molecule is CNC(=O)NC(=O)CCCN1CCN(c2cccc(Cl)c2)CC1. The molecule has 6 nitrogen and oxygen atoms in total. The quantitative estimate of drug-likeness (QED) is 0.857. The number of amides is 3. The first-order chi connectivity index (χ1) is 11.1. The van der Waals surface area contributed by atoms with Crippen LogP contribution in [0, 0.1) is 0 Å². The van der Waals surface area contributed by atoms with Gasteiger partial charge in [0.2, 0.25) is 5.91 Å². The van der Waals surface area contributed by atoms with E-state index in [9.17, 15) is 9.59 Å². The van der Waals surface area contributed by atoms with E-state index in [2.05, 4.69) is 26.5 Å². The van der Waals surface area contributed by atoms with Gasteiger partial charge in [-0.2, -0.15) is 0 Å². The lowest BCUT2D eigenvalue weighted by atomic mass is 10.2. The van der Waals surface area contributed by atoms with Gasteiger partial charge in [0.15, 0.2) is 0 Å². The third-order valence-corrected chi connectivity index (χ3v) is 4.14. The number of urea groups is 1. The molecule has 1 aromatic carbocycles. The van der Waals surface area contributed by atoms with Crippen molar-refractivity contribution in [1.29, 1.82) is 0 Å². The number of hydrogen-bond acceptors (Lipinski definition) is 4. The molecule has 1 fully saturated rings. The minimum Gasteiger partial charge on any atom is -0.369 e. The average molecular weight is 339 g/mol. The predicted octanol–water partition coefficient (Wildman–Crippen LogP) is 1.70. The molecule has 1 saturated heterocycles. The van der Waals surface area contributed by atoms with Crippen LogP contribution in [0.15, 0.2) is 24.3 Å². The van der Waals surface area contributed by atoms with Crippen LogP contribution in [-0.2, 0) is 4.79 Å². The molecule has 0 unspecified atom stereocenters. The highest BCUT2D eigenvalue weighted by Crippen LogP contribution is 2.20. The van der Waals surface area contributed by atoms with E-state index in [0.29, 0.717) is 6.42 Å². The Morgan fingerprint density at radius 1 is 1.22 bits per heavy atom. The minimum atomic E-state index is -0.454. The molecule has 0 saturated carbocycles. The van der Waals surface area contributed by atoms with Crippen LogP contribution in [-0.4, -0.2) is 56.6 Å². The highest BCUT2D eigenvalue weighted by molar-refractivity contribution is 6.30. The monoisotopic (exact) mass is 338 g/mol. The first-order valence-corrected chi connectivity index (χ1v) is 8.20. The summed E-state index contributed by atoms with van der Waals surface area (Å²) < 4.78 is 0. The van der Waals surface area contributed by atoms with Crippen LogP contribution in [0.1, 0.15) is 12.8 Å². The Kier molecular flexibility index (Phi) is 6.67. The summed E-state index contributed by atoms with van der Waals surface area (Å²) in [7, 11) is 1.49. The van der Waals surface area contributed by atoms with Crippen molar-refractivity contribution in [2.45, 2.75) is 12.8 Å². The van der Waals surface area contributed by atoms with Crippen LogP contribution in [0.3, 0.4) is 0 Å². The molecule has 2 N–H and O–H groups in total. The van der Waals surface area contributed by atoms with Gasteiger partial charge >= 0.3 is 6.03 Å². The van der Waals surface area contributed by atoms with Crippen molar-refractivity contribution in [1.82, 2.24) is 15.5 Å². The van der Waals surface area contributed by atoms with E-state index in [4.69, 9.17) is 11.6 Å². The molecule has 2 rings (SSSR count). The van der Waals surface area contributed by atoms with Crippen LogP contribution in [0.2, 0.25) is 5.02 Å². The number of benzene rings is 1. The maximum Gasteiger partial charge on any atom is 0.321 e. The van der Waals surface area contributed by atoms with E-state index in [1.165, 1.54) is 7.05 Å². The summed E-state index contributed by atoms with van der Waals surface area (Å²) in [6.45, 7) is 4.69. The van der Waals surface area contributed by atoms with Gasteiger partial charge in [0.05, 0.1) is 0 Å². The van der Waals surface area contributed by atoms with E-state index in [1.54, 1.807) is 0 Å². The van der Waals surface area contributed by atoms with Gasteiger partial charge in [0.1, 0.15) is 0 Å². The Labute approximate surface area is 141 Å². The van der Waals surface area contributed by atoms with Crippen molar-refractivity contribution in [2.75, 3.05) is 44.7 Å². The molecular formula is C16H23ClN4O2. The molecule has 1 aliphatic rings. The molecule has 7 heteroatoms. The fourth-order valence-electron chi connectivity index (χ4n) is 2.62. The number of carbonyl (C=O) groups is 2. The van der Waals surface area contributed by atoms with Gasteiger partial charge in [0.25, 0.3) is 0 Å². The van der Waals surface area contributed by atoms with Gasteiger partial charge in [-0.1, -0.05) is 17.7 Å². The van der Waals surface area contributed by atoms with E-state index >= 15 is 0 Å². The van der Waals surface area contributed by atoms with Gasteiger partial charge in [0, 0.05) is 50.4 Å². The predicted molar refractivity (Wildman–Crippen MR) is 91.9 cm³/mol. The Morgan fingerprint density at radius 3 is 2.61 bits per heavy atom. The van der Waals surface area contributed by atoms with Crippen LogP contribution >= 0.6 is 11.6 Å². The van der Waals surface area contributed by atoms with Crippen molar-refractivity contribution in [3.05, 3.63) is 29.3 Å². The Balaban J connectivity index is 1.67. The smallest absolute Gasteiger partial charge is 0.321 e. The molecule has 1 aliphatic heterocycles. The van der Waals surface area contributed by atoms with Crippen LogP contribution in [0.4, 0.5) is 10.5 Å². The Hall–Kier alpha value is -1.79. The largest absolute Gasteiger partial charge is 0.369 e. The third kappa shape index (κ3) is 5.73. The molecule has 0 aliphatic carbocycles. The summed E-state index contributed by atoms with van der Waals surface area (Å²) in [5, 5.41) is 5.39. The van der Waals surface area contributed by atoms with Crippen molar-refractivity contribution < 1.29 is 9.59 Å². The lowest BCUT2D eigenvalue weighted by Crippen LogP contribution is -2.46. The second-order valence-electron chi connectivity index (χ2n) is 5.54. The summed E-state index contributed by atoms with van der Waals surface area (Å²) >= 11 is 6.03. The fourth-order valence-corrected chi connectivity index (χ4v) is 2.80. The lowest BCUT2D eigenvalue weighted by molar-refractivity contribution is -0.120. The number of imide groups is 1. The molecule has 1 aromatic rings. The van der Waals surface area contributed by atoms with Gasteiger partial charge in [-0.05, 0) is 31.2 Å². The standard InChI is InChI=1S/C16H23ClN4O2/c1-18-16(23)19-15(22)6-3-7-20-8-10-21(11-9-20)14-5-2-4-13(17)12-14/h2,4-5,12H,3,6-11H2,1H3,(H2,18,19,22,23). The first kappa shape index (κ1) is 17.6. The molecule has 0 spiro atoms. The van der Waals surface area contributed by atoms with Gasteiger partial charge in [-0.15, -0.1) is 0 Å². The summed E-state index contributed by atoms with van der Waals surface area (Å²) in [4.78, 5) is 27.2. The first-order valence-electron chi connectivity index (χ1n) is 7.83. The van der Waals surface area contributed by atoms with E-state index in [0.717, 1.165) is 49.9 Å². The number of piperazine rings is 1. The highest BCUT2D eigenvalue weighted by Gasteiger charge is 2.17. The molecular weight excluding hydrogens is 316 g/mol. The summed E-state index contributed by atoms with van der Waals surface area (Å²) in [5.74, 6) is -0.234. The molecule has 0 aromatic heterocycles. The maximum atomic E-state index is 11.5. The summed E-state index contributed by atoms with van der Waals surface area (Å²) in [5.41, 5.74) is 1.15. The Bertz CT molecular complexity index is 545. The van der Waals surface area contributed by atoms with E-state index in [1.807, 2.05) is 18.2 Å². The second kappa shape index (κ2) is 8.74. The van der Waals surface area contributed by atoms with Crippen LogP contribution < -0.4 is 15.5 Å². The van der Waals surface area contributed by atoms with E-state index < -0.39 is 6.03 Å². The van der Waals surface area contributed by atoms with Crippen molar-refractivity contribution >= 4 is 29.2 Å². The molecule has 0 bridgehead atoms. The van der Waals surface area contributed by atoms with E-state index in [-0.39, 0.29) is 5.91 Å². The molecule has 126 valence electrons. The number of nitrogens with one attached hydrogen (secondary N) is 2. The maximum absolute atomic E-state index is 11.5. The molecule has 1 heterocycles. The number of anilines is 1. The van der Waals surface area contributed by atoms with Crippen molar-refractivity contribution in [3.63, 3.8) is 0 Å². The van der Waals surface area contributed by atoms with Gasteiger partial charge in [-0.3, -0.25) is 15.0 Å². The fraction of sp³-hybridized carbons (Fsp3) is 0.500. The highest BCUT2D eigenvalue weighted by atomic mass is 35.5. The normalized spacial score (nSPS) is 15.3. The van der Waals surface area contributed by atoms with Crippen molar-refractivity contribution in [3.8, 4) is 0 Å². The number of carbonyl (C=O) groups excluding carboxylic acids is 2. The molecule has 0 atom stereocenters. The lowest BCUT2D eigenvalue weighted by Gasteiger charge is -2.36. The van der Waals surface area contributed by atoms with Gasteiger partial charge < -0.3 is 10.2 Å². The zero-order valence-corrected chi connectivity index (χ0v) is 14.1. The molecule has 3 amide bonds. The number of hydrogen-bond donors (Lipinski definition) is 2. The third-order valence-electron chi connectivity index (χ3n) is 3.90. The average Bonchev–Trinajstić information content (AvgIpc) is 2.55.